The molecule has 0 radical (unpaired) electrons. The van der Waals surface area contributed by atoms with Crippen molar-refractivity contribution in [2.24, 2.45) is 0 Å². The Labute approximate surface area is 162 Å². The van der Waals surface area contributed by atoms with Crippen LogP contribution in [0.1, 0.15) is 16.1 Å². The van der Waals surface area contributed by atoms with Crippen LogP contribution in [0.4, 0.5) is 5.82 Å². The van der Waals surface area contributed by atoms with Crippen molar-refractivity contribution < 1.29 is 14.3 Å². The number of anilines is 1. The molecule has 0 aliphatic rings. The molecule has 0 aliphatic carbocycles. The third-order valence-electron chi connectivity index (χ3n) is 3.97. The Hall–Kier alpha value is -3.62. The molecule has 1 aromatic carbocycles. The van der Waals surface area contributed by atoms with E-state index in [4.69, 9.17) is 9.47 Å². The highest BCUT2D eigenvalue weighted by molar-refractivity contribution is 5.94. The number of benzene rings is 1. The van der Waals surface area contributed by atoms with Gasteiger partial charge >= 0.3 is 0 Å². The molecule has 146 valence electrons. The van der Waals surface area contributed by atoms with Gasteiger partial charge in [0.1, 0.15) is 12.1 Å². The van der Waals surface area contributed by atoms with Gasteiger partial charge in [-0.15, -0.1) is 0 Å². The van der Waals surface area contributed by atoms with E-state index in [-0.39, 0.29) is 5.91 Å². The van der Waals surface area contributed by atoms with Crippen LogP contribution in [-0.4, -0.2) is 53.0 Å². The summed E-state index contributed by atoms with van der Waals surface area (Å²) in [5, 5.41) is 10.3. The maximum atomic E-state index is 12.3. The summed E-state index contributed by atoms with van der Waals surface area (Å²) < 4.78 is 12.1. The average Bonchev–Trinajstić information content (AvgIpc) is 3.17. The summed E-state index contributed by atoms with van der Waals surface area (Å²) >= 11 is 0. The van der Waals surface area contributed by atoms with Crippen molar-refractivity contribution in [1.29, 1.82) is 0 Å². The molecule has 0 spiro atoms. The molecule has 3 rings (SSSR count). The van der Waals surface area contributed by atoms with E-state index in [1.54, 1.807) is 36.1 Å². The Morgan fingerprint density at radius 1 is 1.07 bits per heavy atom. The van der Waals surface area contributed by atoms with Gasteiger partial charge in [-0.05, 0) is 31.2 Å². The van der Waals surface area contributed by atoms with Crippen LogP contribution < -0.4 is 20.1 Å². The lowest BCUT2D eigenvalue weighted by atomic mass is 10.2. The van der Waals surface area contributed by atoms with E-state index in [0.29, 0.717) is 41.8 Å². The highest BCUT2D eigenvalue weighted by Crippen LogP contribution is 2.27. The van der Waals surface area contributed by atoms with E-state index in [2.05, 4.69) is 25.7 Å². The lowest BCUT2D eigenvalue weighted by Crippen LogP contribution is -2.29. The second-order valence-corrected chi connectivity index (χ2v) is 5.92. The first-order chi connectivity index (χ1) is 13.6. The van der Waals surface area contributed by atoms with Gasteiger partial charge in [0.25, 0.3) is 5.91 Å². The summed E-state index contributed by atoms with van der Waals surface area (Å²) in [5.74, 6) is 2.21. The van der Waals surface area contributed by atoms with Gasteiger partial charge in [0, 0.05) is 30.9 Å². The fourth-order valence-electron chi connectivity index (χ4n) is 2.56. The van der Waals surface area contributed by atoms with Gasteiger partial charge < -0.3 is 20.1 Å². The van der Waals surface area contributed by atoms with Crippen molar-refractivity contribution in [2.45, 2.75) is 6.92 Å². The zero-order valence-corrected chi connectivity index (χ0v) is 16.0. The number of carbonyl (C=O) groups excluding carboxylic acids is 1. The molecule has 28 heavy (non-hydrogen) atoms. The largest absolute Gasteiger partial charge is 0.493 e. The lowest BCUT2D eigenvalue weighted by molar-refractivity contribution is 0.0954. The highest BCUT2D eigenvalue weighted by Gasteiger charge is 2.10. The molecular formula is C19H22N6O3. The molecule has 9 heteroatoms. The van der Waals surface area contributed by atoms with Gasteiger partial charge in [0.15, 0.2) is 17.3 Å². The number of aryl methyl sites for hydroxylation is 1. The first kappa shape index (κ1) is 19.2. The maximum Gasteiger partial charge on any atom is 0.251 e. The first-order valence-electron chi connectivity index (χ1n) is 8.69. The van der Waals surface area contributed by atoms with Gasteiger partial charge in [-0.2, -0.15) is 5.10 Å². The van der Waals surface area contributed by atoms with Crippen molar-refractivity contribution in [2.75, 3.05) is 32.6 Å². The number of aromatic nitrogens is 4. The van der Waals surface area contributed by atoms with Crippen LogP contribution in [0.5, 0.6) is 11.5 Å². The molecule has 2 aromatic heterocycles. The highest BCUT2D eigenvalue weighted by atomic mass is 16.5. The second kappa shape index (κ2) is 8.85. The maximum absolute atomic E-state index is 12.3. The monoisotopic (exact) mass is 382 g/mol. The van der Waals surface area contributed by atoms with Gasteiger partial charge in [-0.3, -0.25) is 4.79 Å². The lowest BCUT2D eigenvalue weighted by Gasteiger charge is -2.11. The van der Waals surface area contributed by atoms with Crippen molar-refractivity contribution in [3.8, 4) is 17.3 Å². The average molecular weight is 382 g/mol. The van der Waals surface area contributed by atoms with E-state index in [1.165, 1.54) is 13.4 Å². The quantitative estimate of drug-likeness (QED) is 0.573. The number of ether oxygens (including phenoxy) is 2. The number of hydrogen-bond donors (Lipinski definition) is 2. The molecule has 3 aromatic rings. The summed E-state index contributed by atoms with van der Waals surface area (Å²) in [6.07, 6.45) is 3.31. The van der Waals surface area contributed by atoms with E-state index in [0.717, 1.165) is 5.69 Å². The number of hydrogen-bond acceptors (Lipinski definition) is 7. The van der Waals surface area contributed by atoms with E-state index < -0.39 is 0 Å². The number of carbonyl (C=O) groups is 1. The molecule has 2 N–H and O–H groups in total. The van der Waals surface area contributed by atoms with Crippen molar-refractivity contribution in [3.63, 3.8) is 0 Å². The zero-order chi connectivity index (χ0) is 19.9. The molecule has 2 heterocycles. The van der Waals surface area contributed by atoms with Crippen molar-refractivity contribution in [1.82, 2.24) is 25.1 Å². The number of rotatable bonds is 8. The Kier molecular flexibility index (Phi) is 6.05. The van der Waals surface area contributed by atoms with Gasteiger partial charge in [-0.25, -0.2) is 14.6 Å². The smallest absolute Gasteiger partial charge is 0.251 e. The molecule has 0 unspecified atom stereocenters. The fourth-order valence-corrected chi connectivity index (χ4v) is 2.56. The minimum atomic E-state index is -0.196. The number of nitrogens with zero attached hydrogens (tertiary/aromatic N) is 4. The summed E-state index contributed by atoms with van der Waals surface area (Å²) in [7, 11) is 3.08. The predicted octanol–water partition coefficient (Wildman–Crippen LogP) is 1.83. The van der Waals surface area contributed by atoms with Gasteiger partial charge in [0.05, 0.1) is 19.9 Å². The minimum Gasteiger partial charge on any atom is -0.493 e. The summed E-state index contributed by atoms with van der Waals surface area (Å²) in [4.78, 5) is 20.7. The standard InChI is InChI=1S/C19H22N6O3/c1-13-6-9-25(24-13)18-11-17(22-12-23-18)20-7-8-21-19(26)14-4-5-15(27-2)16(10-14)28-3/h4-6,9-12H,7-8H2,1-3H3,(H,21,26)(H,20,22,23). The van der Waals surface area contributed by atoms with Crippen LogP contribution in [0.2, 0.25) is 0 Å². The van der Waals surface area contributed by atoms with Crippen LogP contribution in [0.3, 0.4) is 0 Å². The minimum absolute atomic E-state index is 0.196. The van der Waals surface area contributed by atoms with E-state index in [1.807, 2.05) is 19.2 Å². The predicted molar refractivity (Wildman–Crippen MR) is 104 cm³/mol. The molecule has 1 amide bonds. The summed E-state index contributed by atoms with van der Waals surface area (Å²) in [6, 6.07) is 8.73. The second-order valence-electron chi connectivity index (χ2n) is 5.92. The summed E-state index contributed by atoms with van der Waals surface area (Å²) in [5.41, 5.74) is 1.40. The van der Waals surface area contributed by atoms with Crippen LogP contribution >= 0.6 is 0 Å². The van der Waals surface area contributed by atoms with Gasteiger partial charge in [-0.1, -0.05) is 0 Å². The number of methoxy groups -OCH3 is 2. The van der Waals surface area contributed by atoms with Crippen molar-refractivity contribution in [3.05, 3.63) is 54.1 Å². The molecule has 0 fully saturated rings. The normalized spacial score (nSPS) is 10.4. The molecule has 0 atom stereocenters. The molecule has 0 bridgehead atoms. The van der Waals surface area contributed by atoms with Crippen LogP contribution in [0.15, 0.2) is 42.9 Å². The first-order valence-corrected chi connectivity index (χ1v) is 8.69. The zero-order valence-electron chi connectivity index (χ0n) is 16.0. The Morgan fingerprint density at radius 3 is 2.61 bits per heavy atom. The molecule has 0 saturated carbocycles. The molecule has 0 aliphatic heterocycles. The Balaban J connectivity index is 1.52. The van der Waals surface area contributed by atoms with E-state index in [9.17, 15) is 4.79 Å². The SMILES string of the molecule is COc1ccc(C(=O)NCCNc2cc(-n3ccc(C)n3)ncn2)cc1OC. The molecular weight excluding hydrogens is 360 g/mol. The third kappa shape index (κ3) is 4.56. The number of nitrogens with one attached hydrogen (secondary N) is 2. The Morgan fingerprint density at radius 2 is 1.89 bits per heavy atom. The third-order valence-corrected chi connectivity index (χ3v) is 3.97. The van der Waals surface area contributed by atoms with Crippen LogP contribution in [-0.2, 0) is 0 Å². The topological polar surface area (TPSA) is 103 Å². The van der Waals surface area contributed by atoms with Crippen LogP contribution in [0, 0.1) is 6.92 Å². The summed E-state index contributed by atoms with van der Waals surface area (Å²) in [6.45, 7) is 2.85. The Bertz CT molecular complexity index is 956. The van der Waals surface area contributed by atoms with Gasteiger partial charge in [0.2, 0.25) is 0 Å². The molecule has 0 saturated heterocycles. The van der Waals surface area contributed by atoms with Crippen LogP contribution in [0.25, 0.3) is 5.82 Å². The fraction of sp³-hybridized carbons (Fsp3) is 0.263. The molecule has 9 nitrogen and oxygen atoms in total. The van der Waals surface area contributed by atoms with Crippen molar-refractivity contribution >= 4 is 11.7 Å². The number of amides is 1. The van der Waals surface area contributed by atoms with E-state index >= 15 is 0 Å².